The molecule has 2 aromatic carbocycles. The molecule has 2 aromatic heterocycles. The van der Waals surface area contributed by atoms with E-state index >= 15 is 0 Å². The Kier molecular flexibility index (Phi) is 8.47. The number of thiophene rings is 1. The number of carboxylic acids is 1. The first kappa shape index (κ1) is 24.9. The number of para-hydroxylation sites is 1. The van der Waals surface area contributed by atoms with E-state index in [9.17, 15) is 14.7 Å². The van der Waals surface area contributed by atoms with Gasteiger partial charge in [-0.3, -0.25) is 4.79 Å². The summed E-state index contributed by atoms with van der Waals surface area (Å²) in [7, 11) is 0. The maximum atomic E-state index is 12.4. The Bertz CT molecular complexity index is 1280. The van der Waals surface area contributed by atoms with Crippen molar-refractivity contribution < 1.29 is 19.4 Å². The number of nitrogens with one attached hydrogen (secondary N) is 2. The number of benzene rings is 2. The van der Waals surface area contributed by atoms with Crippen LogP contribution in [0.25, 0.3) is 22.0 Å². The van der Waals surface area contributed by atoms with Crippen LogP contribution in [0, 0.1) is 0 Å². The number of rotatable bonds is 13. The molecule has 6 nitrogen and oxygen atoms in total. The van der Waals surface area contributed by atoms with Crippen molar-refractivity contribution in [1.82, 2.24) is 10.3 Å². The van der Waals surface area contributed by atoms with Crippen molar-refractivity contribution in [1.29, 1.82) is 0 Å². The second kappa shape index (κ2) is 11.9. The van der Waals surface area contributed by atoms with Crippen molar-refractivity contribution in [3.8, 4) is 11.1 Å². The Hall–Kier alpha value is -3.26. The second-order valence-electron chi connectivity index (χ2n) is 8.49. The SMILES string of the molecule is CCO[C@@H](Cc1ccc(-c2csc(CNCC(=O)CCc3c[nH]c4ccccc34)c2)cc1)C(=O)O. The lowest BCUT2D eigenvalue weighted by Crippen LogP contribution is -2.26. The molecule has 0 amide bonds. The summed E-state index contributed by atoms with van der Waals surface area (Å²) in [6.07, 6.45) is 2.77. The minimum absolute atomic E-state index is 0.203. The van der Waals surface area contributed by atoms with Crippen LogP contribution >= 0.6 is 11.3 Å². The third-order valence-electron chi connectivity index (χ3n) is 5.97. The molecule has 0 spiro atoms. The van der Waals surface area contributed by atoms with Crippen LogP contribution in [0.4, 0.5) is 0 Å². The Morgan fingerprint density at radius 3 is 2.69 bits per heavy atom. The highest BCUT2D eigenvalue weighted by Gasteiger charge is 2.18. The zero-order valence-corrected chi connectivity index (χ0v) is 20.6. The number of hydrogen-bond acceptors (Lipinski definition) is 5. The number of Topliss-reactive ketones (excluding diaryl/α,β-unsaturated/α-hetero) is 1. The van der Waals surface area contributed by atoms with Crippen LogP contribution in [0.1, 0.15) is 29.3 Å². The molecule has 0 aliphatic rings. The van der Waals surface area contributed by atoms with E-state index < -0.39 is 12.1 Å². The van der Waals surface area contributed by atoms with Gasteiger partial charge in [-0.1, -0.05) is 42.5 Å². The fourth-order valence-electron chi connectivity index (χ4n) is 4.12. The number of H-pyrrole nitrogens is 1. The number of carbonyl (C=O) groups is 2. The minimum atomic E-state index is -0.942. The van der Waals surface area contributed by atoms with Gasteiger partial charge in [-0.2, -0.15) is 0 Å². The highest BCUT2D eigenvalue weighted by molar-refractivity contribution is 7.10. The number of aryl methyl sites for hydroxylation is 1. The van der Waals surface area contributed by atoms with Gasteiger partial charge in [0.1, 0.15) is 5.78 Å². The van der Waals surface area contributed by atoms with Crippen LogP contribution in [-0.2, 0) is 33.7 Å². The first-order valence-electron chi connectivity index (χ1n) is 11.8. The molecule has 7 heteroatoms. The molecule has 0 bridgehead atoms. The molecule has 3 N–H and O–H groups in total. The summed E-state index contributed by atoms with van der Waals surface area (Å²) in [4.78, 5) is 28.1. The van der Waals surface area contributed by atoms with Gasteiger partial charge in [-0.25, -0.2) is 4.79 Å². The van der Waals surface area contributed by atoms with Crippen molar-refractivity contribution in [2.24, 2.45) is 0 Å². The molecule has 0 aliphatic heterocycles. The number of fused-ring (bicyclic) bond motifs is 1. The molecule has 4 rings (SSSR count). The van der Waals surface area contributed by atoms with Gasteiger partial charge < -0.3 is 20.1 Å². The van der Waals surface area contributed by atoms with E-state index in [1.54, 1.807) is 18.3 Å². The van der Waals surface area contributed by atoms with Crippen molar-refractivity contribution in [3.05, 3.63) is 82.2 Å². The molecule has 0 fully saturated rings. The first-order valence-corrected chi connectivity index (χ1v) is 12.7. The summed E-state index contributed by atoms with van der Waals surface area (Å²) >= 11 is 1.66. The Morgan fingerprint density at radius 1 is 1.11 bits per heavy atom. The van der Waals surface area contributed by atoms with E-state index in [1.165, 1.54) is 10.9 Å². The fourth-order valence-corrected chi connectivity index (χ4v) is 4.98. The maximum absolute atomic E-state index is 12.4. The standard InChI is InChI=1S/C28H30N2O4S/c1-2-34-27(28(32)33)13-19-7-9-20(10-8-19)22-14-24(35-18-22)17-29-16-23(31)12-11-21-15-30-26-6-4-3-5-25(21)26/h3-10,14-15,18,27,29-30H,2,11-13,16-17H2,1H3,(H,32,33)/t27-/m0/s1. The molecular formula is C28H30N2O4S. The molecule has 35 heavy (non-hydrogen) atoms. The van der Waals surface area contributed by atoms with Crippen LogP contribution in [0.5, 0.6) is 0 Å². The van der Waals surface area contributed by atoms with Gasteiger partial charge in [0.15, 0.2) is 6.10 Å². The molecule has 1 atom stereocenters. The maximum Gasteiger partial charge on any atom is 0.333 e. The van der Waals surface area contributed by atoms with Crippen molar-refractivity contribution in [3.63, 3.8) is 0 Å². The van der Waals surface area contributed by atoms with Crippen LogP contribution < -0.4 is 5.32 Å². The highest BCUT2D eigenvalue weighted by atomic mass is 32.1. The van der Waals surface area contributed by atoms with Gasteiger partial charge in [0.25, 0.3) is 0 Å². The molecule has 182 valence electrons. The zero-order valence-electron chi connectivity index (χ0n) is 19.8. The largest absolute Gasteiger partial charge is 0.479 e. The fraction of sp³-hybridized carbons (Fsp3) is 0.286. The third-order valence-corrected chi connectivity index (χ3v) is 6.91. The minimum Gasteiger partial charge on any atom is -0.479 e. The number of aromatic nitrogens is 1. The lowest BCUT2D eigenvalue weighted by atomic mass is 10.0. The smallest absolute Gasteiger partial charge is 0.333 e. The van der Waals surface area contributed by atoms with Crippen LogP contribution in [-0.4, -0.2) is 41.1 Å². The quantitative estimate of drug-likeness (QED) is 0.239. The molecule has 0 aliphatic carbocycles. The van der Waals surface area contributed by atoms with Crippen LogP contribution in [0.2, 0.25) is 0 Å². The summed E-state index contributed by atoms with van der Waals surface area (Å²) in [6, 6.07) is 18.2. The number of aromatic amines is 1. The monoisotopic (exact) mass is 490 g/mol. The number of carboxylic acid groups (broad SMARTS) is 1. The van der Waals surface area contributed by atoms with Gasteiger partial charge >= 0.3 is 5.97 Å². The van der Waals surface area contributed by atoms with Gasteiger partial charge in [0.05, 0.1) is 6.54 Å². The Labute approximate surface area is 209 Å². The summed E-state index contributed by atoms with van der Waals surface area (Å²) in [6.45, 7) is 3.17. The average Bonchev–Trinajstić information content (AvgIpc) is 3.50. The van der Waals surface area contributed by atoms with E-state index in [2.05, 4.69) is 27.8 Å². The predicted molar refractivity (Wildman–Crippen MR) is 140 cm³/mol. The molecule has 0 unspecified atom stereocenters. The number of carbonyl (C=O) groups excluding carboxylic acids is 1. The van der Waals surface area contributed by atoms with E-state index in [4.69, 9.17) is 4.74 Å². The number of ketones is 1. The van der Waals surface area contributed by atoms with E-state index in [-0.39, 0.29) is 5.78 Å². The molecule has 0 radical (unpaired) electrons. The lowest BCUT2D eigenvalue weighted by Gasteiger charge is -2.12. The van der Waals surface area contributed by atoms with Gasteiger partial charge in [0, 0.05) is 48.0 Å². The summed E-state index contributed by atoms with van der Waals surface area (Å²) in [5.74, 6) is -0.739. The normalized spacial score (nSPS) is 12.1. The van der Waals surface area contributed by atoms with Crippen molar-refractivity contribution in [2.75, 3.05) is 13.2 Å². The van der Waals surface area contributed by atoms with Crippen LogP contribution in [0.15, 0.2) is 66.2 Å². The Balaban J connectivity index is 1.23. The lowest BCUT2D eigenvalue weighted by molar-refractivity contribution is -0.149. The van der Waals surface area contributed by atoms with Crippen LogP contribution in [0.3, 0.4) is 0 Å². The van der Waals surface area contributed by atoms with E-state index in [1.807, 2.05) is 48.7 Å². The van der Waals surface area contributed by atoms with E-state index in [0.717, 1.165) is 33.5 Å². The molecule has 4 aromatic rings. The van der Waals surface area contributed by atoms with E-state index in [0.29, 0.717) is 32.5 Å². The van der Waals surface area contributed by atoms with Crippen molar-refractivity contribution >= 4 is 34.0 Å². The summed E-state index contributed by atoms with van der Waals surface area (Å²) in [5, 5.41) is 15.8. The summed E-state index contributed by atoms with van der Waals surface area (Å²) < 4.78 is 5.30. The summed E-state index contributed by atoms with van der Waals surface area (Å²) in [5.41, 5.74) is 5.40. The van der Waals surface area contributed by atoms with Gasteiger partial charge in [0.2, 0.25) is 0 Å². The molecule has 0 saturated heterocycles. The molecule has 2 heterocycles. The average molecular weight is 491 g/mol. The second-order valence-corrected chi connectivity index (χ2v) is 9.48. The highest BCUT2D eigenvalue weighted by Crippen LogP contribution is 2.26. The topological polar surface area (TPSA) is 91.4 Å². The third kappa shape index (κ3) is 6.66. The Morgan fingerprint density at radius 2 is 1.91 bits per heavy atom. The molecular weight excluding hydrogens is 460 g/mol. The van der Waals surface area contributed by atoms with Crippen molar-refractivity contribution in [2.45, 2.75) is 38.8 Å². The van der Waals surface area contributed by atoms with Gasteiger partial charge in [-0.05, 0) is 53.1 Å². The van der Waals surface area contributed by atoms with Gasteiger partial charge in [-0.15, -0.1) is 11.3 Å². The predicted octanol–water partition coefficient (Wildman–Crippen LogP) is 5.22. The number of aliphatic carboxylic acids is 1. The first-order chi connectivity index (χ1) is 17.0. The number of hydrogen-bond donors (Lipinski definition) is 3. The zero-order chi connectivity index (χ0) is 24.6. The molecule has 0 saturated carbocycles. The number of ether oxygens (including phenoxy) is 1.